The molecule has 0 saturated heterocycles. The average Bonchev–Trinajstić information content (AvgIpc) is 3.19. The summed E-state index contributed by atoms with van der Waals surface area (Å²) in [4.78, 5) is 26.6. The van der Waals surface area contributed by atoms with E-state index in [0.717, 1.165) is 11.1 Å². The van der Waals surface area contributed by atoms with Crippen LogP contribution in [0.1, 0.15) is 37.8 Å². The molecule has 1 aliphatic rings. The van der Waals surface area contributed by atoms with E-state index in [1.807, 2.05) is 72.8 Å². The molecule has 1 unspecified atom stereocenters. The second-order valence-electron chi connectivity index (χ2n) is 6.52. The van der Waals surface area contributed by atoms with Gasteiger partial charge in [0.05, 0.1) is 5.92 Å². The Morgan fingerprint density at radius 1 is 0.724 bits per heavy atom. The van der Waals surface area contributed by atoms with Gasteiger partial charge in [-0.25, -0.2) is 0 Å². The van der Waals surface area contributed by atoms with E-state index >= 15 is 0 Å². The van der Waals surface area contributed by atoms with Crippen LogP contribution in [0.2, 0.25) is 0 Å². The van der Waals surface area contributed by atoms with Crippen LogP contribution in [-0.2, 0) is 17.0 Å². The van der Waals surface area contributed by atoms with Crippen LogP contribution in [-0.4, -0.2) is 11.6 Å². The Balaban J connectivity index is 0.000000755. The Morgan fingerprint density at radius 3 is 1.69 bits per heavy atom. The summed E-state index contributed by atoms with van der Waals surface area (Å²) in [6.07, 6.45) is 3.99. The van der Waals surface area contributed by atoms with Crippen molar-refractivity contribution in [2.45, 2.75) is 5.92 Å². The number of hydrogen-bond acceptors (Lipinski definition) is 2. The van der Waals surface area contributed by atoms with E-state index in [-0.39, 0.29) is 17.5 Å². The zero-order valence-electron chi connectivity index (χ0n) is 15.5. The number of hydrogen-bond donors (Lipinski definition) is 0. The van der Waals surface area contributed by atoms with E-state index in [2.05, 4.69) is 0 Å². The van der Waals surface area contributed by atoms with Crippen LogP contribution in [0.25, 0.3) is 6.08 Å². The van der Waals surface area contributed by atoms with Crippen LogP contribution in [0.4, 0.5) is 0 Å². The number of ketones is 2. The molecule has 0 amide bonds. The van der Waals surface area contributed by atoms with Gasteiger partial charge >= 0.3 is 35.6 Å². The molecule has 0 N–H and O–H groups in total. The molecular formula is C24H18Cl2O2Ti. The molecule has 0 spiro atoms. The van der Waals surface area contributed by atoms with Gasteiger partial charge in [-0.3, -0.25) is 9.59 Å². The van der Waals surface area contributed by atoms with Gasteiger partial charge in [-0.15, -0.1) is 0 Å². The molecule has 3 aromatic rings. The third-order valence-electron chi connectivity index (χ3n) is 4.88. The molecule has 0 aliphatic heterocycles. The minimum atomic E-state index is -0.764. The first-order valence-corrected chi connectivity index (χ1v) is 13.4. The first-order chi connectivity index (χ1) is 14.2. The molecule has 29 heavy (non-hydrogen) atoms. The van der Waals surface area contributed by atoms with Crippen molar-refractivity contribution in [3.05, 3.63) is 113 Å². The number of Topliss-reactive ketones (excluding diaryl/α,β-unsaturated/α-hetero) is 2. The molecule has 0 saturated carbocycles. The third-order valence-corrected chi connectivity index (χ3v) is 4.88. The molecule has 144 valence electrons. The fourth-order valence-corrected chi connectivity index (χ4v) is 3.58. The van der Waals surface area contributed by atoms with Gasteiger partial charge in [-0.05, 0) is 11.1 Å². The van der Waals surface area contributed by atoms with Crippen molar-refractivity contribution in [2.24, 2.45) is 5.92 Å². The summed E-state index contributed by atoms with van der Waals surface area (Å²) in [5.41, 5.74) is 3.24. The summed E-state index contributed by atoms with van der Waals surface area (Å²) in [5, 5.41) is 0. The average molecular weight is 457 g/mol. The number of allylic oxidation sites excluding steroid dienone is 1. The maximum atomic E-state index is 13.3. The molecule has 1 aliphatic carbocycles. The van der Waals surface area contributed by atoms with Gasteiger partial charge in [-0.1, -0.05) is 97.1 Å². The second kappa shape index (κ2) is 10.7. The molecule has 0 radical (unpaired) electrons. The number of carbonyl (C=O) groups excluding carboxylic acids is 2. The van der Waals surface area contributed by atoms with Gasteiger partial charge < -0.3 is 0 Å². The fraction of sp³-hybridized carbons (Fsp3) is 0.0833. The van der Waals surface area contributed by atoms with Crippen molar-refractivity contribution in [1.82, 2.24) is 0 Å². The Bertz CT molecular complexity index is 952. The van der Waals surface area contributed by atoms with Crippen LogP contribution < -0.4 is 0 Å². The molecular weight excluding hydrogens is 439 g/mol. The summed E-state index contributed by atoms with van der Waals surface area (Å²) < 4.78 is 0. The Morgan fingerprint density at radius 2 is 1.17 bits per heavy atom. The topological polar surface area (TPSA) is 34.1 Å². The van der Waals surface area contributed by atoms with E-state index < -0.39 is 22.9 Å². The molecule has 0 bridgehead atoms. The monoisotopic (exact) mass is 456 g/mol. The predicted octanol–water partition coefficient (Wildman–Crippen LogP) is 6.56. The van der Waals surface area contributed by atoms with Crippen molar-refractivity contribution in [1.29, 1.82) is 0 Å². The van der Waals surface area contributed by atoms with Crippen molar-refractivity contribution >= 4 is 36.3 Å². The second-order valence-corrected chi connectivity index (χ2v) is 9.10. The minimum absolute atomic E-state index is 0.134. The van der Waals surface area contributed by atoms with E-state index in [1.165, 1.54) is 0 Å². The SMILES string of the molecule is O=C(c1ccccc1)C(C(=O)c1ccccc1)C1C=Cc2ccccc21.[Cl][Ti][Cl]. The number of benzene rings is 3. The zero-order chi connectivity index (χ0) is 20.6. The van der Waals surface area contributed by atoms with Gasteiger partial charge in [0.2, 0.25) is 0 Å². The molecule has 0 heterocycles. The van der Waals surface area contributed by atoms with E-state index in [1.54, 1.807) is 24.3 Å². The predicted molar refractivity (Wildman–Crippen MR) is 115 cm³/mol. The van der Waals surface area contributed by atoms with Gasteiger partial charge in [0.1, 0.15) is 0 Å². The van der Waals surface area contributed by atoms with Crippen LogP contribution >= 0.6 is 18.6 Å². The molecule has 0 fully saturated rings. The van der Waals surface area contributed by atoms with Gasteiger partial charge in [0.25, 0.3) is 0 Å². The van der Waals surface area contributed by atoms with E-state index in [9.17, 15) is 9.59 Å². The van der Waals surface area contributed by atoms with Crippen LogP contribution in [0.15, 0.2) is 91.0 Å². The van der Waals surface area contributed by atoms with Gasteiger partial charge in [0.15, 0.2) is 11.6 Å². The summed E-state index contributed by atoms with van der Waals surface area (Å²) in [7, 11) is 9.78. The molecule has 1 atom stereocenters. The fourth-order valence-electron chi connectivity index (χ4n) is 3.58. The van der Waals surface area contributed by atoms with Crippen molar-refractivity contribution < 1.29 is 26.6 Å². The van der Waals surface area contributed by atoms with Gasteiger partial charge in [0, 0.05) is 17.0 Å². The maximum absolute atomic E-state index is 13.3. The Kier molecular flexibility index (Phi) is 8.03. The van der Waals surface area contributed by atoms with Crippen molar-refractivity contribution in [3.8, 4) is 0 Å². The first kappa shape index (κ1) is 21.7. The zero-order valence-corrected chi connectivity index (χ0v) is 18.5. The van der Waals surface area contributed by atoms with Crippen molar-refractivity contribution in [2.75, 3.05) is 0 Å². The van der Waals surface area contributed by atoms with Crippen LogP contribution in [0.3, 0.4) is 0 Å². The standard InChI is InChI=1S/C24H18O2.2ClH.Ti/c25-23(18-10-3-1-4-11-18)22(24(26)19-12-5-2-6-13-19)21-16-15-17-9-7-8-14-20(17)21;;;/h1-16,21-22H;2*1H;/q;;;+2/p-2. The Labute approximate surface area is 187 Å². The molecule has 4 rings (SSSR count). The van der Waals surface area contributed by atoms with E-state index in [4.69, 9.17) is 18.6 Å². The number of carbonyl (C=O) groups is 2. The summed E-state index contributed by atoms with van der Waals surface area (Å²) in [6, 6.07) is 26.1. The summed E-state index contributed by atoms with van der Waals surface area (Å²) in [5.74, 6) is -1.28. The molecule has 2 nitrogen and oxygen atoms in total. The van der Waals surface area contributed by atoms with E-state index in [0.29, 0.717) is 11.1 Å². The molecule has 3 aromatic carbocycles. The first-order valence-electron chi connectivity index (χ1n) is 9.09. The normalized spacial score (nSPS) is 14.0. The number of halogens is 2. The quantitative estimate of drug-likeness (QED) is 0.247. The summed E-state index contributed by atoms with van der Waals surface area (Å²) in [6.45, 7) is 0. The number of fused-ring (bicyclic) bond motifs is 1. The molecule has 5 heteroatoms. The van der Waals surface area contributed by atoms with Gasteiger partial charge in [-0.2, -0.15) is 0 Å². The van der Waals surface area contributed by atoms with Crippen molar-refractivity contribution in [3.63, 3.8) is 0 Å². The van der Waals surface area contributed by atoms with Crippen LogP contribution in [0.5, 0.6) is 0 Å². The van der Waals surface area contributed by atoms with Crippen LogP contribution in [0, 0.1) is 5.92 Å². The number of rotatable bonds is 5. The third kappa shape index (κ3) is 5.15. The molecule has 0 aromatic heterocycles. The summed E-state index contributed by atoms with van der Waals surface area (Å²) >= 11 is -0.556. The Hall–Kier alpha value is -1.97.